The first-order chi connectivity index (χ1) is 9.97. The molecule has 0 aliphatic heterocycles. The molecule has 1 atom stereocenters. The van der Waals surface area contributed by atoms with Gasteiger partial charge >= 0.3 is 0 Å². The SMILES string of the molecule is Nc1ccc(C(O)CNC(=O)c2cc(Cl)ccc2I)cc1. The van der Waals surface area contributed by atoms with E-state index in [4.69, 9.17) is 17.3 Å². The number of hydrogen-bond donors (Lipinski definition) is 3. The van der Waals surface area contributed by atoms with Gasteiger partial charge in [-0.05, 0) is 58.5 Å². The van der Waals surface area contributed by atoms with Gasteiger partial charge in [0.25, 0.3) is 5.91 Å². The van der Waals surface area contributed by atoms with Gasteiger partial charge in [-0.25, -0.2) is 0 Å². The molecule has 0 fully saturated rings. The number of amides is 1. The van der Waals surface area contributed by atoms with Crippen LogP contribution in [0.2, 0.25) is 5.02 Å². The standard InChI is InChI=1S/C15H14ClIN2O2/c16-10-3-6-13(17)12(7-10)15(21)19-8-14(20)9-1-4-11(18)5-2-9/h1-7,14,20H,8,18H2,(H,19,21). The van der Waals surface area contributed by atoms with Crippen LogP contribution in [0, 0.1) is 3.57 Å². The second-order valence-corrected chi connectivity index (χ2v) is 6.12. The van der Waals surface area contributed by atoms with E-state index >= 15 is 0 Å². The molecule has 0 aliphatic carbocycles. The van der Waals surface area contributed by atoms with Crippen molar-refractivity contribution >= 4 is 45.8 Å². The van der Waals surface area contributed by atoms with Gasteiger partial charge in [-0.2, -0.15) is 0 Å². The highest BCUT2D eigenvalue weighted by Crippen LogP contribution is 2.18. The van der Waals surface area contributed by atoms with Gasteiger partial charge in [0.1, 0.15) is 0 Å². The molecule has 0 radical (unpaired) electrons. The van der Waals surface area contributed by atoms with Gasteiger partial charge in [-0.1, -0.05) is 23.7 Å². The molecular formula is C15H14ClIN2O2. The molecule has 6 heteroatoms. The van der Waals surface area contributed by atoms with Gasteiger partial charge < -0.3 is 16.2 Å². The van der Waals surface area contributed by atoms with Crippen LogP contribution in [0.3, 0.4) is 0 Å². The Balaban J connectivity index is 2.00. The Bertz CT molecular complexity index is 647. The fourth-order valence-electron chi connectivity index (χ4n) is 1.79. The van der Waals surface area contributed by atoms with Crippen molar-refractivity contribution in [3.05, 3.63) is 62.2 Å². The van der Waals surface area contributed by atoms with Crippen LogP contribution >= 0.6 is 34.2 Å². The third-order valence-electron chi connectivity index (χ3n) is 2.95. The molecule has 2 rings (SSSR count). The number of aliphatic hydroxyl groups is 1. The Labute approximate surface area is 141 Å². The average molecular weight is 417 g/mol. The summed E-state index contributed by atoms with van der Waals surface area (Å²) in [6, 6.07) is 12.0. The fraction of sp³-hybridized carbons (Fsp3) is 0.133. The molecule has 1 unspecified atom stereocenters. The van der Waals surface area contributed by atoms with Crippen LogP contribution in [0.4, 0.5) is 5.69 Å². The Kier molecular flexibility index (Phi) is 5.44. The summed E-state index contributed by atoms with van der Waals surface area (Å²) in [6.45, 7) is 0.116. The van der Waals surface area contributed by atoms with E-state index in [0.717, 1.165) is 3.57 Å². The van der Waals surface area contributed by atoms with E-state index in [-0.39, 0.29) is 12.5 Å². The maximum absolute atomic E-state index is 12.1. The van der Waals surface area contributed by atoms with Crippen molar-refractivity contribution in [2.45, 2.75) is 6.10 Å². The van der Waals surface area contributed by atoms with Gasteiger partial charge in [0, 0.05) is 20.8 Å². The van der Waals surface area contributed by atoms with Crippen LogP contribution in [0.1, 0.15) is 22.0 Å². The summed E-state index contributed by atoms with van der Waals surface area (Å²) in [5.74, 6) is -0.267. The normalized spacial score (nSPS) is 12.0. The maximum atomic E-state index is 12.1. The van der Waals surface area contributed by atoms with E-state index in [1.807, 2.05) is 0 Å². The van der Waals surface area contributed by atoms with Gasteiger partial charge in [0.2, 0.25) is 0 Å². The zero-order chi connectivity index (χ0) is 15.4. The summed E-state index contributed by atoms with van der Waals surface area (Å²) in [6.07, 6.45) is -0.786. The van der Waals surface area contributed by atoms with Gasteiger partial charge in [-0.3, -0.25) is 4.79 Å². The predicted molar refractivity (Wildman–Crippen MR) is 92.3 cm³/mol. The molecular weight excluding hydrogens is 403 g/mol. The second kappa shape index (κ2) is 7.11. The number of benzene rings is 2. The van der Waals surface area contributed by atoms with Gasteiger partial charge in [0.15, 0.2) is 0 Å². The summed E-state index contributed by atoms with van der Waals surface area (Å²) in [5.41, 5.74) is 7.41. The number of nitrogens with one attached hydrogen (secondary N) is 1. The smallest absolute Gasteiger partial charge is 0.252 e. The average Bonchev–Trinajstić information content (AvgIpc) is 2.47. The number of rotatable bonds is 4. The number of hydrogen-bond acceptors (Lipinski definition) is 3. The summed E-state index contributed by atoms with van der Waals surface area (Å²) >= 11 is 7.96. The lowest BCUT2D eigenvalue weighted by atomic mass is 10.1. The van der Waals surface area contributed by atoms with Crippen LogP contribution in [0.25, 0.3) is 0 Å². The number of aliphatic hydroxyl groups excluding tert-OH is 1. The molecule has 0 saturated carbocycles. The molecule has 21 heavy (non-hydrogen) atoms. The van der Waals surface area contributed by atoms with E-state index < -0.39 is 6.10 Å². The predicted octanol–water partition coefficient (Wildman–Crippen LogP) is 2.99. The van der Waals surface area contributed by atoms with Crippen LogP contribution < -0.4 is 11.1 Å². The summed E-state index contributed by atoms with van der Waals surface area (Å²) in [5, 5.41) is 13.2. The fourth-order valence-corrected chi connectivity index (χ4v) is 2.54. The minimum Gasteiger partial charge on any atom is -0.399 e. The van der Waals surface area contributed by atoms with Crippen molar-refractivity contribution in [3.63, 3.8) is 0 Å². The molecule has 4 N–H and O–H groups in total. The zero-order valence-corrected chi connectivity index (χ0v) is 13.9. The summed E-state index contributed by atoms with van der Waals surface area (Å²) in [7, 11) is 0. The molecule has 4 nitrogen and oxygen atoms in total. The first-order valence-electron chi connectivity index (χ1n) is 6.24. The number of nitrogen functional groups attached to an aromatic ring is 1. The van der Waals surface area contributed by atoms with Crippen LogP contribution in [0.5, 0.6) is 0 Å². The Morgan fingerprint density at radius 1 is 1.29 bits per heavy atom. The highest BCUT2D eigenvalue weighted by Gasteiger charge is 2.13. The third-order valence-corrected chi connectivity index (χ3v) is 4.13. The minimum absolute atomic E-state index is 0.116. The van der Waals surface area contributed by atoms with E-state index in [9.17, 15) is 9.90 Å². The molecule has 0 aromatic heterocycles. The lowest BCUT2D eigenvalue weighted by Crippen LogP contribution is -2.29. The van der Waals surface area contributed by atoms with E-state index in [1.165, 1.54) is 0 Å². The van der Waals surface area contributed by atoms with E-state index in [1.54, 1.807) is 42.5 Å². The van der Waals surface area contributed by atoms with E-state index in [2.05, 4.69) is 27.9 Å². The summed E-state index contributed by atoms with van der Waals surface area (Å²) < 4.78 is 0.802. The van der Waals surface area contributed by atoms with Crippen molar-refractivity contribution in [1.82, 2.24) is 5.32 Å². The molecule has 0 saturated heterocycles. The maximum Gasteiger partial charge on any atom is 0.252 e. The lowest BCUT2D eigenvalue weighted by Gasteiger charge is -2.13. The zero-order valence-electron chi connectivity index (χ0n) is 11.0. The van der Waals surface area contributed by atoms with Crippen molar-refractivity contribution in [2.75, 3.05) is 12.3 Å². The first kappa shape index (κ1) is 16.1. The monoisotopic (exact) mass is 416 g/mol. The molecule has 2 aromatic rings. The first-order valence-corrected chi connectivity index (χ1v) is 7.70. The third kappa shape index (κ3) is 4.33. The molecule has 110 valence electrons. The number of anilines is 1. The van der Waals surface area contributed by atoms with Crippen LogP contribution in [0.15, 0.2) is 42.5 Å². The number of halogens is 2. The molecule has 2 aromatic carbocycles. The topological polar surface area (TPSA) is 75.3 Å². The Hall–Kier alpha value is -1.31. The van der Waals surface area contributed by atoms with Crippen molar-refractivity contribution < 1.29 is 9.90 Å². The number of carbonyl (C=O) groups excluding carboxylic acids is 1. The molecule has 0 aliphatic rings. The number of nitrogens with two attached hydrogens (primary N) is 1. The lowest BCUT2D eigenvalue weighted by molar-refractivity contribution is 0.0915. The largest absolute Gasteiger partial charge is 0.399 e. The van der Waals surface area contributed by atoms with Crippen LogP contribution in [-0.4, -0.2) is 17.6 Å². The Morgan fingerprint density at radius 2 is 1.95 bits per heavy atom. The molecule has 0 spiro atoms. The number of carbonyl (C=O) groups is 1. The Morgan fingerprint density at radius 3 is 2.62 bits per heavy atom. The van der Waals surface area contributed by atoms with Crippen molar-refractivity contribution in [3.8, 4) is 0 Å². The highest BCUT2D eigenvalue weighted by atomic mass is 127. The minimum atomic E-state index is -0.786. The molecule has 1 amide bonds. The van der Waals surface area contributed by atoms with E-state index in [0.29, 0.717) is 21.8 Å². The van der Waals surface area contributed by atoms with Crippen LogP contribution in [-0.2, 0) is 0 Å². The quantitative estimate of drug-likeness (QED) is 0.530. The van der Waals surface area contributed by atoms with Gasteiger partial charge in [0.05, 0.1) is 11.7 Å². The summed E-state index contributed by atoms with van der Waals surface area (Å²) in [4.78, 5) is 12.1. The van der Waals surface area contributed by atoms with Gasteiger partial charge in [-0.15, -0.1) is 0 Å². The van der Waals surface area contributed by atoms with Crippen molar-refractivity contribution in [2.24, 2.45) is 0 Å². The molecule has 0 bridgehead atoms. The second-order valence-electron chi connectivity index (χ2n) is 4.52. The highest BCUT2D eigenvalue weighted by molar-refractivity contribution is 14.1. The molecule has 0 heterocycles. The van der Waals surface area contributed by atoms with Crippen molar-refractivity contribution in [1.29, 1.82) is 0 Å².